The van der Waals surface area contributed by atoms with E-state index in [4.69, 9.17) is 10.5 Å². The van der Waals surface area contributed by atoms with Gasteiger partial charge in [0.15, 0.2) is 0 Å². The number of benzene rings is 1. The van der Waals surface area contributed by atoms with Gasteiger partial charge in [0.2, 0.25) is 0 Å². The van der Waals surface area contributed by atoms with E-state index in [-0.39, 0.29) is 23.6 Å². The molecule has 0 aliphatic carbocycles. The molecule has 0 bridgehead atoms. The van der Waals surface area contributed by atoms with E-state index in [1.54, 1.807) is 13.8 Å². The fourth-order valence-corrected chi connectivity index (χ4v) is 1.30. The summed E-state index contributed by atoms with van der Waals surface area (Å²) in [5.41, 5.74) is 6.40. The van der Waals surface area contributed by atoms with E-state index in [0.717, 1.165) is 0 Å². The van der Waals surface area contributed by atoms with Gasteiger partial charge in [0.25, 0.3) is 0 Å². The third-order valence-corrected chi connectivity index (χ3v) is 2.14. The molecule has 0 aliphatic heterocycles. The number of alkyl halides is 2. The van der Waals surface area contributed by atoms with Crippen molar-refractivity contribution in [1.82, 2.24) is 0 Å². The Balaban J connectivity index is 3.10. The van der Waals surface area contributed by atoms with E-state index >= 15 is 0 Å². The van der Waals surface area contributed by atoms with Gasteiger partial charge in [0.1, 0.15) is 5.75 Å². The van der Waals surface area contributed by atoms with Crippen LogP contribution in [0.2, 0.25) is 0 Å². The van der Waals surface area contributed by atoms with Crippen molar-refractivity contribution in [3.05, 3.63) is 23.3 Å². The number of esters is 1. The number of halogens is 2. The van der Waals surface area contributed by atoms with E-state index < -0.39 is 12.6 Å². The lowest BCUT2D eigenvalue weighted by molar-refractivity contribution is -0.0498. The molecule has 0 saturated heterocycles. The summed E-state index contributed by atoms with van der Waals surface area (Å²) in [6, 6.07) is 2.43. The van der Waals surface area contributed by atoms with Crippen LogP contribution in [0.5, 0.6) is 5.75 Å². The number of nitrogen functional groups attached to an aromatic ring is 1. The Morgan fingerprint density at radius 1 is 1.47 bits per heavy atom. The predicted octanol–water partition coefficient (Wildman–Crippen LogP) is 2.36. The molecule has 4 nitrogen and oxygen atoms in total. The Morgan fingerprint density at radius 2 is 2.12 bits per heavy atom. The van der Waals surface area contributed by atoms with Crippen LogP contribution >= 0.6 is 0 Å². The number of carbonyl (C=O) groups is 1. The minimum absolute atomic E-state index is 0.127. The van der Waals surface area contributed by atoms with Crippen LogP contribution in [0.1, 0.15) is 22.8 Å². The van der Waals surface area contributed by atoms with Crippen molar-refractivity contribution >= 4 is 11.7 Å². The first kappa shape index (κ1) is 13.2. The number of ether oxygens (including phenoxy) is 2. The van der Waals surface area contributed by atoms with E-state index in [9.17, 15) is 13.6 Å². The van der Waals surface area contributed by atoms with Crippen LogP contribution < -0.4 is 10.5 Å². The Kier molecular flexibility index (Phi) is 4.25. The monoisotopic (exact) mass is 245 g/mol. The van der Waals surface area contributed by atoms with Crippen LogP contribution in [0.25, 0.3) is 0 Å². The molecular formula is C11H13F2NO3. The van der Waals surface area contributed by atoms with Gasteiger partial charge in [-0.25, -0.2) is 4.79 Å². The molecule has 0 atom stereocenters. The minimum atomic E-state index is -2.97. The van der Waals surface area contributed by atoms with Crippen molar-refractivity contribution in [2.45, 2.75) is 20.5 Å². The van der Waals surface area contributed by atoms with E-state index in [2.05, 4.69) is 4.74 Å². The lowest BCUT2D eigenvalue weighted by Crippen LogP contribution is -2.10. The molecule has 0 amide bonds. The summed E-state index contributed by atoms with van der Waals surface area (Å²) in [4.78, 5) is 11.5. The first-order valence-corrected chi connectivity index (χ1v) is 4.97. The molecule has 0 heterocycles. The molecule has 0 spiro atoms. The average molecular weight is 245 g/mol. The Morgan fingerprint density at radius 3 is 2.65 bits per heavy atom. The molecule has 1 aromatic carbocycles. The van der Waals surface area contributed by atoms with Gasteiger partial charge in [-0.1, -0.05) is 0 Å². The summed E-state index contributed by atoms with van der Waals surface area (Å²) >= 11 is 0. The molecule has 0 aliphatic rings. The summed E-state index contributed by atoms with van der Waals surface area (Å²) in [7, 11) is 0. The van der Waals surface area contributed by atoms with Gasteiger partial charge in [-0.3, -0.25) is 0 Å². The van der Waals surface area contributed by atoms with Crippen molar-refractivity contribution < 1.29 is 23.0 Å². The van der Waals surface area contributed by atoms with Crippen molar-refractivity contribution in [2.24, 2.45) is 0 Å². The Bertz CT molecular complexity index is 421. The van der Waals surface area contributed by atoms with Crippen molar-refractivity contribution in [1.29, 1.82) is 0 Å². The number of anilines is 1. The molecule has 94 valence electrons. The summed E-state index contributed by atoms with van der Waals surface area (Å²) in [6.07, 6.45) is 0. The third-order valence-electron chi connectivity index (χ3n) is 2.14. The van der Waals surface area contributed by atoms with Gasteiger partial charge < -0.3 is 15.2 Å². The SMILES string of the molecule is CCOC(=O)c1cc(OC(F)F)cc(N)c1C. The molecular weight excluding hydrogens is 232 g/mol. The fourth-order valence-electron chi connectivity index (χ4n) is 1.30. The van der Waals surface area contributed by atoms with Crippen molar-refractivity contribution in [3.63, 3.8) is 0 Å². The molecule has 0 radical (unpaired) electrons. The lowest BCUT2D eigenvalue weighted by Gasteiger charge is -2.11. The largest absolute Gasteiger partial charge is 0.462 e. The summed E-state index contributed by atoms with van der Waals surface area (Å²) in [5, 5.41) is 0. The maximum Gasteiger partial charge on any atom is 0.387 e. The van der Waals surface area contributed by atoms with E-state index in [0.29, 0.717) is 5.56 Å². The molecule has 1 aromatic rings. The van der Waals surface area contributed by atoms with Crippen LogP contribution in [0.3, 0.4) is 0 Å². The maximum atomic E-state index is 12.1. The molecule has 0 unspecified atom stereocenters. The van der Waals surface area contributed by atoms with Crippen LogP contribution in [0.4, 0.5) is 14.5 Å². The zero-order valence-electron chi connectivity index (χ0n) is 9.50. The highest BCUT2D eigenvalue weighted by atomic mass is 19.3. The fraction of sp³-hybridized carbons (Fsp3) is 0.364. The van der Waals surface area contributed by atoms with Gasteiger partial charge in [-0.15, -0.1) is 0 Å². The number of hydrogen-bond donors (Lipinski definition) is 1. The first-order valence-electron chi connectivity index (χ1n) is 4.97. The topological polar surface area (TPSA) is 61.5 Å². The molecule has 2 N–H and O–H groups in total. The van der Waals surface area contributed by atoms with Gasteiger partial charge >= 0.3 is 12.6 Å². The molecule has 0 saturated carbocycles. The average Bonchev–Trinajstić information content (AvgIpc) is 2.22. The van der Waals surface area contributed by atoms with Gasteiger partial charge in [0, 0.05) is 11.8 Å². The molecule has 6 heteroatoms. The smallest absolute Gasteiger partial charge is 0.387 e. The predicted molar refractivity (Wildman–Crippen MR) is 58.2 cm³/mol. The van der Waals surface area contributed by atoms with Crippen molar-refractivity contribution in [3.8, 4) is 5.75 Å². The minimum Gasteiger partial charge on any atom is -0.462 e. The zero-order valence-corrected chi connectivity index (χ0v) is 9.50. The Labute approximate surface area is 97.3 Å². The molecule has 0 fully saturated rings. The van der Waals surface area contributed by atoms with Crippen LogP contribution in [0.15, 0.2) is 12.1 Å². The number of rotatable bonds is 4. The second-order valence-electron chi connectivity index (χ2n) is 3.28. The van der Waals surface area contributed by atoms with E-state index in [1.165, 1.54) is 12.1 Å². The lowest BCUT2D eigenvalue weighted by atomic mass is 10.1. The highest BCUT2D eigenvalue weighted by molar-refractivity contribution is 5.93. The highest BCUT2D eigenvalue weighted by Crippen LogP contribution is 2.25. The summed E-state index contributed by atoms with van der Waals surface area (Å²) in [6.45, 7) is 0.481. The second-order valence-corrected chi connectivity index (χ2v) is 3.28. The molecule has 17 heavy (non-hydrogen) atoms. The quantitative estimate of drug-likeness (QED) is 0.653. The van der Waals surface area contributed by atoms with Crippen LogP contribution in [0, 0.1) is 6.92 Å². The van der Waals surface area contributed by atoms with Crippen LogP contribution in [-0.4, -0.2) is 19.2 Å². The highest BCUT2D eigenvalue weighted by Gasteiger charge is 2.15. The normalized spacial score (nSPS) is 10.4. The molecule has 1 rings (SSSR count). The van der Waals surface area contributed by atoms with Crippen molar-refractivity contribution in [2.75, 3.05) is 12.3 Å². The summed E-state index contributed by atoms with van der Waals surface area (Å²) in [5.74, 6) is -0.775. The maximum absolute atomic E-state index is 12.1. The van der Waals surface area contributed by atoms with Crippen LogP contribution in [-0.2, 0) is 4.74 Å². The standard InChI is InChI=1S/C11H13F2NO3/c1-3-16-10(15)8-4-7(17-11(12)13)5-9(14)6(8)2/h4-5,11H,3,14H2,1-2H3. The van der Waals surface area contributed by atoms with E-state index in [1.807, 2.05) is 0 Å². The first-order chi connectivity index (χ1) is 7.95. The second kappa shape index (κ2) is 5.47. The van der Waals surface area contributed by atoms with Gasteiger partial charge in [-0.05, 0) is 25.5 Å². The number of nitrogens with two attached hydrogens (primary N) is 1. The number of hydrogen-bond acceptors (Lipinski definition) is 4. The summed E-state index contributed by atoms with van der Waals surface area (Å²) < 4.78 is 33.1. The zero-order chi connectivity index (χ0) is 13.0. The van der Waals surface area contributed by atoms with Gasteiger partial charge in [-0.2, -0.15) is 8.78 Å². The molecule has 0 aromatic heterocycles. The third kappa shape index (κ3) is 3.30. The van der Waals surface area contributed by atoms with Gasteiger partial charge in [0.05, 0.1) is 12.2 Å². The Hall–Kier alpha value is -1.85. The number of carbonyl (C=O) groups excluding carboxylic acids is 1.